The lowest BCUT2D eigenvalue weighted by molar-refractivity contribution is 0.235. The molecule has 1 saturated heterocycles. The van der Waals surface area contributed by atoms with Gasteiger partial charge >= 0.3 is 6.03 Å². The first kappa shape index (κ1) is 17.7. The zero-order valence-electron chi connectivity index (χ0n) is 13.3. The molecule has 2 amide bonds. The number of nitrogens with zero attached hydrogens (tertiary/aromatic N) is 1. The van der Waals surface area contributed by atoms with E-state index in [0.29, 0.717) is 6.54 Å². The van der Waals surface area contributed by atoms with Gasteiger partial charge in [-0.05, 0) is 50.6 Å². The first-order valence-electron chi connectivity index (χ1n) is 7.76. The number of nitrogens with two attached hydrogens (primary N) is 1. The highest BCUT2D eigenvalue weighted by atomic mass is 32.2. The SMILES string of the molecule is C[C@H](NC(=O)NCCN1CCCC1)c1ccc(S(N)(=O)=O)cc1. The molecular formula is C15H24N4O3S. The quantitative estimate of drug-likeness (QED) is 0.712. The standard InChI is InChI=1S/C15H24N4O3S/c1-12(13-4-6-14(7-5-13)23(16,21)22)18-15(20)17-8-11-19-9-2-3-10-19/h4-7,12H,2-3,8-11H2,1H3,(H2,16,21,22)(H2,17,18,20)/t12-/m0/s1. The molecule has 1 heterocycles. The fraction of sp³-hybridized carbons (Fsp3) is 0.533. The molecule has 0 unspecified atom stereocenters. The molecule has 0 radical (unpaired) electrons. The Morgan fingerprint density at radius 2 is 1.87 bits per heavy atom. The maximum atomic E-state index is 11.9. The molecule has 4 N–H and O–H groups in total. The van der Waals surface area contributed by atoms with Crippen molar-refractivity contribution in [3.8, 4) is 0 Å². The van der Waals surface area contributed by atoms with Crippen molar-refractivity contribution in [3.63, 3.8) is 0 Å². The van der Waals surface area contributed by atoms with Crippen molar-refractivity contribution in [1.29, 1.82) is 0 Å². The van der Waals surface area contributed by atoms with E-state index in [0.717, 1.165) is 25.2 Å². The minimum Gasteiger partial charge on any atom is -0.337 e. The lowest BCUT2D eigenvalue weighted by Gasteiger charge is -2.17. The van der Waals surface area contributed by atoms with Crippen LogP contribution in [0.15, 0.2) is 29.2 Å². The summed E-state index contributed by atoms with van der Waals surface area (Å²) in [6.45, 7) is 5.53. The molecule has 1 aromatic carbocycles. The van der Waals surface area contributed by atoms with Gasteiger partial charge < -0.3 is 15.5 Å². The number of urea groups is 1. The Morgan fingerprint density at radius 1 is 1.26 bits per heavy atom. The summed E-state index contributed by atoms with van der Waals surface area (Å²) in [5, 5.41) is 10.7. The summed E-state index contributed by atoms with van der Waals surface area (Å²) in [6, 6.07) is 5.72. The third kappa shape index (κ3) is 5.49. The van der Waals surface area contributed by atoms with Gasteiger partial charge in [-0.3, -0.25) is 0 Å². The maximum absolute atomic E-state index is 11.9. The van der Waals surface area contributed by atoms with Crippen molar-refractivity contribution in [2.24, 2.45) is 5.14 Å². The van der Waals surface area contributed by atoms with Gasteiger partial charge in [-0.1, -0.05) is 12.1 Å². The van der Waals surface area contributed by atoms with Crippen LogP contribution in [0.3, 0.4) is 0 Å². The minimum absolute atomic E-state index is 0.0588. The first-order valence-corrected chi connectivity index (χ1v) is 9.30. The second-order valence-electron chi connectivity index (χ2n) is 5.78. The number of carbonyl (C=O) groups is 1. The molecule has 1 atom stereocenters. The molecule has 1 fully saturated rings. The Kier molecular flexibility index (Phi) is 5.97. The summed E-state index contributed by atoms with van der Waals surface area (Å²) in [5.74, 6) is 0. The summed E-state index contributed by atoms with van der Waals surface area (Å²) in [4.78, 5) is 14.3. The molecule has 0 spiro atoms. The Labute approximate surface area is 137 Å². The Balaban J connectivity index is 1.78. The Hall–Kier alpha value is -1.64. The molecule has 0 aliphatic carbocycles. The number of rotatable bonds is 6. The van der Waals surface area contributed by atoms with Crippen LogP contribution in [-0.2, 0) is 10.0 Å². The number of hydrogen-bond donors (Lipinski definition) is 3. The van der Waals surface area contributed by atoms with Gasteiger partial charge in [-0.25, -0.2) is 18.4 Å². The van der Waals surface area contributed by atoms with Crippen LogP contribution in [0.4, 0.5) is 4.79 Å². The van der Waals surface area contributed by atoms with Crippen molar-refractivity contribution in [3.05, 3.63) is 29.8 Å². The molecule has 0 saturated carbocycles. The van der Waals surface area contributed by atoms with E-state index in [1.54, 1.807) is 12.1 Å². The van der Waals surface area contributed by atoms with E-state index in [4.69, 9.17) is 5.14 Å². The van der Waals surface area contributed by atoms with E-state index >= 15 is 0 Å². The lowest BCUT2D eigenvalue weighted by atomic mass is 10.1. The number of benzene rings is 1. The molecule has 0 aromatic heterocycles. The average molecular weight is 340 g/mol. The molecule has 7 nitrogen and oxygen atoms in total. The second kappa shape index (κ2) is 7.76. The number of hydrogen-bond acceptors (Lipinski definition) is 4. The number of likely N-dealkylation sites (tertiary alicyclic amines) is 1. The molecule has 0 bridgehead atoms. The summed E-state index contributed by atoms with van der Waals surface area (Å²) in [5.41, 5.74) is 0.812. The Bertz CT molecular complexity index is 625. The summed E-state index contributed by atoms with van der Waals surface area (Å²) < 4.78 is 22.4. The van der Waals surface area contributed by atoms with Crippen molar-refractivity contribution in [2.45, 2.75) is 30.7 Å². The Morgan fingerprint density at radius 3 is 2.43 bits per heavy atom. The van der Waals surface area contributed by atoms with Crippen molar-refractivity contribution in [2.75, 3.05) is 26.2 Å². The molecule has 2 rings (SSSR count). The van der Waals surface area contributed by atoms with Crippen LogP contribution >= 0.6 is 0 Å². The summed E-state index contributed by atoms with van der Waals surface area (Å²) in [6.07, 6.45) is 2.47. The number of nitrogens with one attached hydrogen (secondary N) is 2. The van der Waals surface area contributed by atoms with Crippen LogP contribution in [0, 0.1) is 0 Å². The van der Waals surface area contributed by atoms with Gasteiger partial charge in [-0.2, -0.15) is 0 Å². The molecular weight excluding hydrogens is 316 g/mol. The van der Waals surface area contributed by atoms with Gasteiger partial charge in [0.2, 0.25) is 10.0 Å². The van der Waals surface area contributed by atoms with Gasteiger partial charge in [0.15, 0.2) is 0 Å². The van der Waals surface area contributed by atoms with E-state index in [2.05, 4.69) is 15.5 Å². The normalized spacial score (nSPS) is 17.0. The van der Waals surface area contributed by atoms with Crippen LogP contribution in [0.5, 0.6) is 0 Å². The van der Waals surface area contributed by atoms with Gasteiger partial charge in [0.1, 0.15) is 0 Å². The smallest absolute Gasteiger partial charge is 0.315 e. The van der Waals surface area contributed by atoms with Crippen LogP contribution in [0.1, 0.15) is 31.4 Å². The molecule has 1 aliphatic rings. The number of amides is 2. The molecule has 128 valence electrons. The van der Waals surface area contributed by atoms with E-state index in [1.165, 1.54) is 25.0 Å². The highest BCUT2D eigenvalue weighted by Crippen LogP contribution is 2.15. The maximum Gasteiger partial charge on any atom is 0.315 e. The fourth-order valence-corrected chi connectivity index (χ4v) is 3.13. The number of carbonyl (C=O) groups excluding carboxylic acids is 1. The average Bonchev–Trinajstić information content (AvgIpc) is 2.99. The van der Waals surface area contributed by atoms with E-state index in [1.807, 2.05) is 6.92 Å². The zero-order chi connectivity index (χ0) is 16.9. The van der Waals surface area contributed by atoms with Gasteiger partial charge in [0.05, 0.1) is 10.9 Å². The first-order chi connectivity index (χ1) is 10.9. The van der Waals surface area contributed by atoms with Gasteiger partial charge in [-0.15, -0.1) is 0 Å². The van der Waals surface area contributed by atoms with Gasteiger partial charge in [0.25, 0.3) is 0 Å². The topological polar surface area (TPSA) is 105 Å². The van der Waals surface area contributed by atoms with Crippen molar-refractivity contribution < 1.29 is 13.2 Å². The molecule has 1 aromatic rings. The molecule has 23 heavy (non-hydrogen) atoms. The number of sulfonamides is 1. The van der Waals surface area contributed by atoms with Crippen molar-refractivity contribution in [1.82, 2.24) is 15.5 Å². The van der Waals surface area contributed by atoms with Crippen LogP contribution in [0.2, 0.25) is 0 Å². The molecule has 8 heteroatoms. The van der Waals surface area contributed by atoms with Crippen LogP contribution in [-0.4, -0.2) is 45.5 Å². The third-order valence-corrected chi connectivity index (χ3v) is 4.90. The predicted molar refractivity (Wildman–Crippen MR) is 88.4 cm³/mol. The van der Waals surface area contributed by atoms with E-state index < -0.39 is 10.0 Å². The van der Waals surface area contributed by atoms with E-state index in [-0.39, 0.29) is 17.0 Å². The van der Waals surface area contributed by atoms with Crippen LogP contribution in [0.25, 0.3) is 0 Å². The predicted octanol–water partition coefficient (Wildman–Crippen LogP) is 0.790. The van der Waals surface area contributed by atoms with Crippen molar-refractivity contribution >= 4 is 16.1 Å². The number of primary sulfonamides is 1. The zero-order valence-corrected chi connectivity index (χ0v) is 14.1. The lowest BCUT2D eigenvalue weighted by Crippen LogP contribution is -2.40. The highest BCUT2D eigenvalue weighted by molar-refractivity contribution is 7.89. The second-order valence-corrected chi connectivity index (χ2v) is 7.35. The minimum atomic E-state index is -3.69. The molecule has 1 aliphatic heterocycles. The summed E-state index contributed by atoms with van der Waals surface area (Å²) in [7, 11) is -3.69. The highest BCUT2D eigenvalue weighted by Gasteiger charge is 2.13. The third-order valence-electron chi connectivity index (χ3n) is 3.97. The summed E-state index contributed by atoms with van der Waals surface area (Å²) >= 11 is 0. The van der Waals surface area contributed by atoms with E-state index in [9.17, 15) is 13.2 Å². The fourth-order valence-electron chi connectivity index (χ4n) is 2.61. The van der Waals surface area contributed by atoms with Gasteiger partial charge in [0, 0.05) is 13.1 Å². The van der Waals surface area contributed by atoms with Crippen LogP contribution < -0.4 is 15.8 Å². The largest absolute Gasteiger partial charge is 0.337 e. The monoisotopic (exact) mass is 340 g/mol.